The summed E-state index contributed by atoms with van der Waals surface area (Å²) in [6.07, 6.45) is -0.253. The average Bonchev–Trinajstić information content (AvgIpc) is 2.38. The van der Waals surface area contributed by atoms with Crippen LogP contribution in [0.4, 0.5) is 0 Å². The first kappa shape index (κ1) is 17.9. The number of thiol groups is 1. The highest BCUT2D eigenvalue weighted by atomic mass is 32.1. The number of carboxylic acid groups (broad SMARTS) is 1. The Hall–Kier alpha value is -2.10. The van der Waals surface area contributed by atoms with Gasteiger partial charge in [0.25, 0.3) is 5.95 Å². The van der Waals surface area contributed by atoms with Crippen molar-refractivity contribution < 1.29 is 29.7 Å². The number of amides is 2. The Morgan fingerprint density at radius 2 is 1.75 bits per heavy atom. The van der Waals surface area contributed by atoms with E-state index in [0.717, 1.165) is 0 Å². The first-order chi connectivity index (χ1) is 9.27. The summed E-state index contributed by atoms with van der Waals surface area (Å²) in [7, 11) is 0. The highest BCUT2D eigenvalue weighted by Crippen LogP contribution is 2.01. The predicted octanol–water partition coefficient (Wildman–Crippen LogP) is -1.37. The summed E-state index contributed by atoms with van der Waals surface area (Å²) in [6.45, 7) is -0.562. The lowest BCUT2D eigenvalue weighted by molar-refractivity contribution is -0.138. The van der Waals surface area contributed by atoms with Crippen LogP contribution in [0.25, 0.3) is 0 Å². The highest BCUT2D eigenvalue weighted by molar-refractivity contribution is 7.80. The van der Waals surface area contributed by atoms with E-state index < -0.39 is 36.3 Å². The molecule has 0 spiro atoms. The zero-order chi connectivity index (χ0) is 15.7. The summed E-state index contributed by atoms with van der Waals surface area (Å²) in [5.41, 5.74) is 4.96. The third-order valence-electron chi connectivity index (χ3n) is 2.16. The van der Waals surface area contributed by atoms with Gasteiger partial charge < -0.3 is 31.7 Å². The van der Waals surface area contributed by atoms with Gasteiger partial charge >= 0.3 is 5.97 Å². The number of carbonyl (C=O) groups excluding carboxylic acids is 2. The van der Waals surface area contributed by atoms with Crippen molar-refractivity contribution in [2.24, 2.45) is 5.73 Å². The third kappa shape index (κ3) is 7.36. The highest BCUT2D eigenvalue weighted by Gasteiger charge is 2.19. The van der Waals surface area contributed by atoms with Crippen molar-refractivity contribution in [3.05, 3.63) is 11.6 Å². The largest absolute Gasteiger partial charge is 0.480 e. The van der Waals surface area contributed by atoms with Gasteiger partial charge in [-0.15, -0.1) is 0 Å². The van der Waals surface area contributed by atoms with E-state index in [1.807, 2.05) is 0 Å². The van der Waals surface area contributed by atoms with Crippen LogP contribution in [0.3, 0.4) is 0 Å². The Morgan fingerprint density at radius 1 is 1.15 bits per heavy atom. The Balaban J connectivity index is 4.28. The van der Waals surface area contributed by atoms with Gasteiger partial charge in [0.2, 0.25) is 11.8 Å². The first-order valence-electron chi connectivity index (χ1n) is 5.54. The molecule has 0 aliphatic rings. The van der Waals surface area contributed by atoms with Crippen molar-refractivity contribution in [1.82, 2.24) is 10.6 Å². The van der Waals surface area contributed by atoms with Crippen molar-refractivity contribution in [2.75, 3.05) is 12.3 Å². The van der Waals surface area contributed by atoms with Gasteiger partial charge in [-0.05, 0) is 0 Å². The van der Waals surface area contributed by atoms with Crippen LogP contribution in [0.1, 0.15) is 12.8 Å². The Bertz CT molecular complexity index is 408. The monoisotopic (exact) mass is 307 g/mol. The number of nitrogens with two attached hydrogens (primary N) is 1. The fraction of sp³-hybridized carbons (Fsp3) is 0.500. The van der Waals surface area contributed by atoms with E-state index >= 15 is 0 Å². The van der Waals surface area contributed by atoms with E-state index in [1.54, 1.807) is 0 Å². The lowest BCUT2D eigenvalue weighted by Gasteiger charge is -2.15. The van der Waals surface area contributed by atoms with Crippen LogP contribution >= 0.6 is 12.6 Å². The van der Waals surface area contributed by atoms with Crippen LogP contribution in [-0.4, -0.2) is 51.4 Å². The molecule has 9 nitrogen and oxygen atoms in total. The zero-order valence-electron chi connectivity index (χ0n) is 10.5. The van der Waals surface area contributed by atoms with E-state index in [-0.39, 0.29) is 24.3 Å². The van der Waals surface area contributed by atoms with E-state index in [4.69, 9.17) is 21.1 Å². The molecule has 0 aliphatic heterocycles. The summed E-state index contributed by atoms with van der Waals surface area (Å²) in [5, 5.41) is 30.1. The molecule has 0 aromatic rings. The molecular weight excluding hydrogens is 290 g/mol. The van der Waals surface area contributed by atoms with Crippen molar-refractivity contribution in [1.29, 1.82) is 0 Å². The van der Waals surface area contributed by atoms with Gasteiger partial charge in [0.05, 0.1) is 5.70 Å². The first-order valence-corrected chi connectivity index (χ1v) is 6.17. The van der Waals surface area contributed by atoms with E-state index in [2.05, 4.69) is 23.3 Å². The fourth-order valence-corrected chi connectivity index (χ4v) is 1.36. The number of nitrogens with one attached hydrogen (secondary N) is 2. The maximum absolute atomic E-state index is 11.5. The molecule has 0 bridgehead atoms. The quantitative estimate of drug-likeness (QED) is 0.215. The minimum absolute atomic E-state index is 0.0201. The van der Waals surface area contributed by atoms with E-state index in [1.165, 1.54) is 0 Å². The second-order valence-corrected chi connectivity index (χ2v) is 4.13. The number of aliphatic hydroxyl groups is 2. The predicted molar refractivity (Wildman–Crippen MR) is 72.1 cm³/mol. The van der Waals surface area contributed by atoms with E-state index in [0.29, 0.717) is 0 Å². The molecule has 114 valence electrons. The van der Waals surface area contributed by atoms with Crippen LogP contribution in [0.2, 0.25) is 0 Å². The van der Waals surface area contributed by atoms with Crippen LogP contribution < -0.4 is 16.4 Å². The molecule has 0 rings (SSSR count). The smallest absolute Gasteiger partial charge is 0.322 e. The molecule has 0 fully saturated rings. The van der Waals surface area contributed by atoms with Gasteiger partial charge in [0, 0.05) is 18.6 Å². The summed E-state index contributed by atoms with van der Waals surface area (Å²) in [4.78, 5) is 33.3. The summed E-state index contributed by atoms with van der Waals surface area (Å²) in [5.74, 6) is -3.52. The lowest BCUT2D eigenvalue weighted by Crippen LogP contribution is -2.49. The Morgan fingerprint density at radius 3 is 2.20 bits per heavy atom. The maximum Gasteiger partial charge on any atom is 0.322 e. The van der Waals surface area contributed by atoms with Crippen molar-refractivity contribution in [3.8, 4) is 0 Å². The maximum atomic E-state index is 11.5. The molecule has 1 unspecified atom stereocenters. The fourth-order valence-electron chi connectivity index (χ4n) is 1.11. The van der Waals surface area contributed by atoms with Crippen molar-refractivity contribution in [3.63, 3.8) is 0 Å². The number of allylic oxidation sites excluding steroid dienone is 1. The van der Waals surface area contributed by atoms with Gasteiger partial charge in [-0.25, -0.2) is 0 Å². The lowest BCUT2D eigenvalue weighted by atomic mass is 10.2. The summed E-state index contributed by atoms with van der Waals surface area (Å²) in [6, 6.07) is -0.988. The molecule has 0 saturated heterocycles. The van der Waals surface area contributed by atoms with Gasteiger partial charge in [-0.2, -0.15) is 12.6 Å². The van der Waals surface area contributed by atoms with Crippen LogP contribution in [0.15, 0.2) is 11.6 Å². The summed E-state index contributed by atoms with van der Waals surface area (Å²) >= 11 is 3.88. The molecule has 20 heavy (non-hydrogen) atoms. The number of aliphatic carboxylic acids is 1. The molecule has 1 atom stereocenters. The van der Waals surface area contributed by atoms with Crippen LogP contribution in [0, 0.1) is 0 Å². The average molecular weight is 307 g/mol. The second-order valence-electron chi connectivity index (χ2n) is 3.76. The van der Waals surface area contributed by atoms with Gasteiger partial charge in [-0.1, -0.05) is 0 Å². The molecule has 0 aromatic carbocycles. The standard InChI is InChI=1S/C10H17N3O6S/c11-5(10(18)19)1-2-7(14)13-6(4-20)9(17)12-3-8(15)16/h6,18-20H,1-4,11H2,(H,12,17)(H,13,14)(H,15,16). The zero-order valence-corrected chi connectivity index (χ0v) is 11.4. The number of hydrogen-bond acceptors (Lipinski definition) is 7. The van der Waals surface area contributed by atoms with Gasteiger partial charge in [0.15, 0.2) is 0 Å². The number of carbonyl (C=O) groups is 3. The summed E-state index contributed by atoms with van der Waals surface area (Å²) < 4.78 is 0. The van der Waals surface area contributed by atoms with Crippen molar-refractivity contribution >= 4 is 30.4 Å². The Labute approximate surface area is 120 Å². The molecule has 7 N–H and O–H groups in total. The molecule has 10 heteroatoms. The Kier molecular flexibility index (Phi) is 7.97. The molecule has 0 aliphatic carbocycles. The van der Waals surface area contributed by atoms with Crippen LogP contribution in [-0.2, 0) is 14.4 Å². The number of hydrogen-bond donors (Lipinski definition) is 7. The minimum Gasteiger partial charge on any atom is -0.480 e. The molecule has 2 amide bonds. The number of carboxylic acids is 1. The van der Waals surface area contributed by atoms with Gasteiger partial charge in [0.1, 0.15) is 12.6 Å². The van der Waals surface area contributed by atoms with Gasteiger partial charge in [-0.3, -0.25) is 14.4 Å². The third-order valence-corrected chi connectivity index (χ3v) is 2.52. The molecule has 0 aromatic heterocycles. The number of aliphatic hydroxyl groups excluding tert-OH is 1. The van der Waals surface area contributed by atoms with Crippen molar-refractivity contribution in [2.45, 2.75) is 18.9 Å². The molecule has 0 heterocycles. The molecule has 0 radical (unpaired) electrons. The molecular formula is C10H17N3O6S. The topological polar surface area (TPSA) is 162 Å². The SMILES string of the molecule is NC(CCC(=O)NC(CS)C(=O)NCC(=O)O)=C(O)O. The number of rotatable bonds is 8. The second kappa shape index (κ2) is 8.91. The van der Waals surface area contributed by atoms with Crippen LogP contribution in [0.5, 0.6) is 0 Å². The van der Waals surface area contributed by atoms with E-state index in [9.17, 15) is 14.4 Å². The normalized spacial score (nSPS) is 11.2. The minimum atomic E-state index is -1.21. The molecule has 0 saturated carbocycles.